The van der Waals surface area contributed by atoms with Crippen LogP contribution in [-0.2, 0) is 23.6 Å². The van der Waals surface area contributed by atoms with Crippen LogP contribution in [0.1, 0.15) is 52.6 Å². The summed E-state index contributed by atoms with van der Waals surface area (Å²) in [5.41, 5.74) is 5.17. The Bertz CT molecular complexity index is 1740. The van der Waals surface area contributed by atoms with Gasteiger partial charge in [-0.05, 0) is 67.3 Å². The van der Waals surface area contributed by atoms with Gasteiger partial charge >= 0.3 is 5.97 Å². The monoisotopic (exact) mass is 569 g/mol. The van der Waals surface area contributed by atoms with E-state index in [4.69, 9.17) is 19.2 Å². The summed E-state index contributed by atoms with van der Waals surface area (Å²) in [7, 11) is 0. The standard InChI is InChI=1S/C33H32FN3O5/c1-20-6-8-25(26(34)16-20)33(2)41-29-5-3-4-24(31(29)42-33)21-10-13-36(14-11-21)19-30-35-27-9-7-22(32(38)39)17-28(27)37(30)18-23-12-15-40-23/h3-10,16-17,23H,11-15,18-19H2,1-2H3,(H,38,39)/t23-,33-/m0/s1. The number of aromatic nitrogens is 2. The van der Waals surface area contributed by atoms with Crippen LogP contribution in [0.5, 0.6) is 11.5 Å². The van der Waals surface area contributed by atoms with E-state index in [9.17, 15) is 14.3 Å². The van der Waals surface area contributed by atoms with Crippen LogP contribution in [0.3, 0.4) is 0 Å². The van der Waals surface area contributed by atoms with Crippen LogP contribution in [0.2, 0.25) is 0 Å². The molecular weight excluding hydrogens is 537 g/mol. The molecule has 4 heterocycles. The normalized spacial score (nSPS) is 21.8. The number of halogens is 1. The lowest BCUT2D eigenvalue weighted by molar-refractivity contribution is -0.0708. The molecule has 0 spiro atoms. The number of fused-ring (bicyclic) bond motifs is 2. The van der Waals surface area contributed by atoms with Crippen molar-refractivity contribution in [3.63, 3.8) is 0 Å². The second-order valence-corrected chi connectivity index (χ2v) is 11.4. The molecule has 8 nitrogen and oxygen atoms in total. The summed E-state index contributed by atoms with van der Waals surface area (Å²) < 4.78 is 35.2. The third-order valence-corrected chi connectivity index (χ3v) is 8.45. The van der Waals surface area contributed by atoms with Gasteiger partial charge in [0, 0.05) is 32.2 Å². The Morgan fingerprint density at radius 2 is 2.02 bits per heavy atom. The first-order chi connectivity index (χ1) is 20.3. The number of ether oxygens (including phenoxy) is 3. The van der Waals surface area contributed by atoms with Crippen molar-refractivity contribution in [3.8, 4) is 11.5 Å². The largest absolute Gasteiger partial charge is 0.478 e. The molecule has 0 amide bonds. The summed E-state index contributed by atoms with van der Waals surface area (Å²) in [5, 5.41) is 9.53. The highest BCUT2D eigenvalue weighted by atomic mass is 19.1. The fourth-order valence-corrected chi connectivity index (χ4v) is 6.04. The third kappa shape index (κ3) is 4.72. The maximum absolute atomic E-state index is 14.9. The number of carbonyl (C=O) groups is 1. The molecule has 2 atom stereocenters. The van der Waals surface area contributed by atoms with Crippen molar-refractivity contribution in [3.05, 3.63) is 94.6 Å². The Morgan fingerprint density at radius 1 is 1.17 bits per heavy atom. The van der Waals surface area contributed by atoms with Crippen LogP contribution in [0, 0.1) is 12.7 Å². The number of hydrogen-bond donors (Lipinski definition) is 1. The molecule has 216 valence electrons. The number of imidazole rings is 1. The van der Waals surface area contributed by atoms with E-state index in [1.807, 2.05) is 31.2 Å². The summed E-state index contributed by atoms with van der Waals surface area (Å²) in [5.74, 6) is -0.420. The first kappa shape index (κ1) is 26.7. The third-order valence-electron chi connectivity index (χ3n) is 8.45. The van der Waals surface area contributed by atoms with Crippen LogP contribution in [0.4, 0.5) is 4.39 Å². The van der Waals surface area contributed by atoms with Crippen LogP contribution < -0.4 is 9.47 Å². The van der Waals surface area contributed by atoms with Gasteiger partial charge in [-0.15, -0.1) is 0 Å². The first-order valence-electron chi connectivity index (χ1n) is 14.3. The van der Waals surface area contributed by atoms with E-state index in [1.165, 1.54) is 6.07 Å². The van der Waals surface area contributed by atoms with Crippen molar-refractivity contribution in [2.75, 3.05) is 19.7 Å². The van der Waals surface area contributed by atoms with Crippen molar-refractivity contribution < 1.29 is 28.5 Å². The molecule has 42 heavy (non-hydrogen) atoms. The smallest absolute Gasteiger partial charge is 0.335 e. The number of rotatable bonds is 7. The van der Waals surface area contributed by atoms with Crippen LogP contribution in [0.15, 0.2) is 60.7 Å². The van der Waals surface area contributed by atoms with E-state index < -0.39 is 11.8 Å². The zero-order chi connectivity index (χ0) is 29.0. The minimum absolute atomic E-state index is 0.115. The van der Waals surface area contributed by atoms with Crippen molar-refractivity contribution >= 4 is 22.6 Å². The van der Waals surface area contributed by atoms with Crippen molar-refractivity contribution in [2.24, 2.45) is 0 Å². The Morgan fingerprint density at radius 3 is 2.74 bits per heavy atom. The average Bonchev–Trinajstić information content (AvgIpc) is 3.47. The number of carboxylic acids is 1. The molecule has 3 aromatic carbocycles. The Hall–Kier alpha value is -4.21. The SMILES string of the molecule is Cc1ccc([C@@]2(C)Oc3cccc(C4=CCN(Cc5nc6ccc(C(=O)O)cc6n5C[C@@H]5CCO5)CC4)c3O2)c(F)c1. The number of nitrogens with zero attached hydrogens (tertiary/aromatic N) is 3. The summed E-state index contributed by atoms with van der Waals surface area (Å²) >= 11 is 0. The molecule has 1 saturated heterocycles. The van der Waals surface area contributed by atoms with Gasteiger partial charge in [-0.2, -0.15) is 0 Å². The van der Waals surface area contributed by atoms with Gasteiger partial charge in [0.25, 0.3) is 5.79 Å². The number of benzene rings is 3. The maximum Gasteiger partial charge on any atom is 0.335 e. The van der Waals surface area contributed by atoms with E-state index >= 15 is 0 Å². The molecule has 4 aromatic rings. The van der Waals surface area contributed by atoms with Gasteiger partial charge in [0.2, 0.25) is 0 Å². The quantitative estimate of drug-likeness (QED) is 0.296. The average molecular weight is 570 g/mol. The topological polar surface area (TPSA) is 86.1 Å². The van der Waals surface area contributed by atoms with Gasteiger partial charge in [-0.3, -0.25) is 4.90 Å². The highest BCUT2D eigenvalue weighted by molar-refractivity contribution is 5.92. The van der Waals surface area contributed by atoms with Gasteiger partial charge in [-0.25, -0.2) is 14.2 Å². The lowest BCUT2D eigenvalue weighted by atomic mass is 9.98. The molecule has 0 saturated carbocycles. The highest BCUT2D eigenvalue weighted by Gasteiger charge is 2.42. The number of aromatic carboxylic acids is 1. The van der Waals surface area contributed by atoms with Gasteiger partial charge in [0.05, 0.1) is 41.4 Å². The van der Waals surface area contributed by atoms with E-state index in [-0.39, 0.29) is 17.5 Å². The minimum Gasteiger partial charge on any atom is -0.478 e. The predicted octanol–water partition coefficient (Wildman–Crippen LogP) is 5.90. The molecule has 0 aliphatic carbocycles. The lowest BCUT2D eigenvalue weighted by Gasteiger charge is -2.29. The molecular formula is C33H32FN3O5. The molecule has 1 fully saturated rings. The van der Waals surface area contributed by atoms with Gasteiger partial charge in [-0.1, -0.05) is 24.3 Å². The molecule has 3 aliphatic rings. The Kier molecular flexibility index (Phi) is 6.51. The number of para-hydroxylation sites is 1. The van der Waals surface area contributed by atoms with Gasteiger partial charge in [0.1, 0.15) is 11.6 Å². The van der Waals surface area contributed by atoms with E-state index in [2.05, 4.69) is 15.5 Å². The summed E-state index contributed by atoms with van der Waals surface area (Å²) in [6, 6.07) is 16.0. The lowest BCUT2D eigenvalue weighted by Crippen LogP contribution is -2.34. The fourth-order valence-electron chi connectivity index (χ4n) is 6.04. The summed E-state index contributed by atoms with van der Waals surface area (Å²) in [4.78, 5) is 18.8. The van der Waals surface area contributed by atoms with E-state index in [0.29, 0.717) is 36.7 Å². The van der Waals surface area contributed by atoms with Crippen molar-refractivity contribution in [1.82, 2.24) is 14.5 Å². The zero-order valence-electron chi connectivity index (χ0n) is 23.6. The molecule has 0 unspecified atom stereocenters. The Balaban J connectivity index is 1.12. The summed E-state index contributed by atoms with van der Waals surface area (Å²) in [6.07, 6.45) is 4.10. The molecule has 1 N–H and O–H groups in total. The molecule has 9 heteroatoms. The predicted molar refractivity (Wildman–Crippen MR) is 155 cm³/mol. The second kappa shape index (κ2) is 10.3. The molecule has 0 bridgehead atoms. The maximum atomic E-state index is 14.9. The Labute approximate surface area is 242 Å². The van der Waals surface area contributed by atoms with E-state index in [0.717, 1.165) is 59.6 Å². The first-order valence-corrected chi connectivity index (χ1v) is 14.3. The highest BCUT2D eigenvalue weighted by Crippen LogP contribution is 2.49. The van der Waals surface area contributed by atoms with Crippen LogP contribution in [-0.4, -0.2) is 51.3 Å². The molecule has 1 aromatic heterocycles. The minimum atomic E-state index is -1.25. The number of hydrogen-bond acceptors (Lipinski definition) is 6. The fraction of sp³-hybridized carbons (Fsp3) is 0.333. The van der Waals surface area contributed by atoms with Gasteiger partial charge < -0.3 is 23.9 Å². The van der Waals surface area contributed by atoms with Crippen LogP contribution >= 0.6 is 0 Å². The van der Waals surface area contributed by atoms with Crippen molar-refractivity contribution in [2.45, 2.75) is 51.7 Å². The molecule has 7 rings (SSSR count). The van der Waals surface area contributed by atoms with E-state index in [1.54, 1.807) is 31.2 Å². The molecule has 3 aliphatic heterocycles. The number of carboxylic acid groups (broad SMARTS) is 1. The van der Waals surface area contributed by atoms with Crippen molar-refractivity contribution in [1.29, 1.82) is 0 Å². The zero-order valence-corrected chi connectivity index (χ0v) is 23.6. The molecule has 0 radical (unpaired) electrons. The second-order valence-electron chi connectivity index (χ2n) is 11.4. The van der Waals surface area contributed by atoms with Gasteiger partial charge in [0.15, 0.2) is 11.5 Å². The summed E-state index contributed by atoms with van der Waals surface area (Å²) in [6.45, 7) is 7.16. The van der Waals surface area contributed by atoms with Crippen LogP contribution in [0.25, 0.3) is 16.6 Å². The number of aryl methyl sites for hydroxylation is 1.